The van der Waals surface area contributed by atoms with Gasteiger partial charge in [0.15, 0.2) is 0 Å². The molecule has 1 amide bonds. The highest BCUT2D eigenvalue weighted by atomic mass is 35.5. The minimum absolute atomic E-state index is 0.0163. The lowest BCUT2D eigenvalue weighted by molar-refractivity contribution is -0.122. The number of amides is 1. The van der Waals surface area contributed by atoms with Crippen molar-refractivity contribution in [3.05, 3.63) is 34.9 Å². The van der Waals surface area contributed by atoms with E-state index in [-0.39, 0.29) is 11.8 Å². The van der Waals surface area contributed by atoms with Crippen LogP contribution in [-0.4, -0.2) is 23.7 Å². The van der Waals surface area contributed by atoms with E-state index in [1.165, 1.54) is 5.56 Å². The summed E-state index contributed by atoms with van der Waals surface area (Å²) in [6, 6.07) is 7.67. The largest absolute Gasteiger partial charge is 0.392 e. The first kappa shape index (κ1) is 15.0. The highest BCUT2D eigenvalue weighted by molar-refractivity contribution is 6.30. The Morgan fingerprint density at radius 2 is 1.94 bits per heavy atom. The Hall–Kier alpha value is -1.06. The van der Waals surface area contributed by atoms with Crippen LogP contribution in [0.5, 0.6) is 0 Å². The van der Waals surface area contributed by atoms with E-state index in [4.69, 9.17) is 16.7 Å². The molecule has 0 aliphatic rings. The predicted octanol–water partition coefficient (Wildman–Crippen LogP) is 2.41. The van der Waals surface area contributed by atoms with Crippen molar-refractivity contribution in [1.82, 2.24) is 5.32 Å². The van der Waals surface area contributed by atoms with E-state index < -0.39 is 6.10 Å². The molecule has 1 rings (SSSR count). The van der Waals surface area contributed by atoms with Gasteiger partial charge in [-0.2, -0.15) is 0 Å². The second-order valence-corrected chi connectivity index (χ2v) is 5.23. The van der Waals surface area contributed by atoms with Crippen molar-refractivity contribution < 1.29 is 9.90 Å². The monoisotopic (exact) mass is 269 g/mol. The Morgan fingerprint density at radius 3 is 2.50 bits per heavy atom. The average Bonchev–Trinajstić information content (AvgIpc) is 2.29. The molecule has 0 fully saturated rings. The van der Waals surface area contributed by atoms with E-state index in [1.54, 1.807) is 6.92 Å². The van der Waals surface area contributed by atoms with Crippen LogP contribution in [0.3, 0.4) is 0 Å². The summed E-state index contributed by atoms with van der Waals surface area (Å²) < 4.78 is 0. The molecule has 0 radical (unpaired) electrons. The first-order valence-electron chi connectivity index (χ1n) is 6.16. The fourth-order valence-corrected chi connectivity index (χ4v) is 1.87. The summed E-state index contributed by atoms with van der Waals surface area (Å²) in [5.41, 5.74) is 1.18. The lowest BCUT2D eigenvalue weighted by Gasteiger charge is -2.12. The number of hydrogen-bond donors (Lipinski definition) is 2. The molecule has 2 atom stereocenters. The van der Waals surface area contributed by atoms with Crippen LogP contribution in [0.25, 0.3) is 0 Å². The Kier molecular flexibility index (Phi) is 6.16. The molecule has 1 aromatic carbocycles. The van der Waals surface area contributed by atoms with Gasteiger partial charge >= 0.3 is 0 Å². The average molecular weight is 270 g/mol. The lowest BCUT2D eigenvalue weighted by atomic mass is 9.98. The van der Waals surface area contributed by atoms with Gasteiger partial charge in [-0.15, -0.1) is 0 Å². The molecule has 0 bridgehead atoms. The normalized spacial score (nSPS) is 14.0. The number of benzene rings is 1. The highest BCUT2D eigenvalue weighted by Crippen LogP contribution is 2.15. The molecule has 4 heteroatoms. The maximum absolute atomic E-state index is 11.6. The van der Waals surface area contributed by atoms with Crippen LogP contribution in [0.4, 0.5) is 0 Å². The Balaban J connectivity index is 2.34. The fraction of sp³-hybridized carbons (Fsp3) is 0.500. The van der Waals surface area contributed by atoms with Gasteiger partial charge in [0.05, 0.1) is 6.10 Å². The van der Waals surface area contributed by atoms with Gasteiger partial charge in [0.2, 0.25) is 5.91 Å². The second-order valence-electron chi connectivity index (χ2n) is 4.79. The smallest absolute Gasteiger partial charge is 0.220 e. The zero-order valence-electron chi connectivity index (χ0n) is 10.8. The highest BCUT2D eigenvalue weighted by Gasteiger charge is 2.10. The molecule has 2 unspecified atom stereocenters. The summed E-state index contributed by atoms with van der Waals surface area (Å²) >= 11 is 5.82. The van der Waals surface area contributed by atoms with E-state index in [2.05, 4.69) is 5.32 Å². The van der Waals surface area contributed by atoms with Gasteiger partial charge in [-0.05, 0) is 37.0 Å². The van der Waals surface area contributed by atoms with Crippen molar-refractivity contribution in [3.8, 4) is 0 Å². The van der Waals surface area contributed by atoms with Gasteiger partial charge in [0.1, 0.15) is 0 Å². The van der Waals surface area contributed by atoms with Crippen molar-refractivity contribution in [3.63, 3.8) is 0 Å². The molecule has 0 heterocycles. The third kappa shape index (κ3) is 6.03. The summed E-state index contributed by atoms with van der Waals surface area (Å²) in [7, 11) is 0. The molecular formula is C14H20ClNO2. The van der Waals surface area contributed by atoms with Crippen LogP contribution in [0.1, 0.15) is 25.8 Å². The van der Waals surface area contributed by atoms with Crippen LogP contribution >= 0.6 is 11.6 Å². The topological polar surface area (TPSA) is 49.3 Å². The van der Waals surface area contributed by atoms with Crippen LogP contribution in [0, 0.1) is 5.92 Å². The number of halogens is 1. The molecule has 100 valence electrons. The first-order valence-corrected chi connectivity index (χ1v) is 6.54. The van der Waals surface area contributed by atoms with E-state index in [1.807, 2.05) is 31.2 Å². The molecule has 0 aromatic heterocycles. The summed E-state index contributed by atoms with van der Waals surface area (Å²) in [6.45, 7) is 4.00. The minimum atomic E-state index is -0.500. The van der Waals surface area contributed by atoms with E-state index in [0.29, 0.717) is 13.0 Å². The van der Waals surface area contributed by atoms with Crippen LogP contribution in [0.15, 0.2) is 24.3 Å². The molecule has 18 heavy (non-hydrogen) atoms. The van der Waals surface area contributed by atoms with Crippen LogP contribution in [-0.2, 0) is 11.2 Å². The molecule has 0 spiro atoms. The van der Waals surface area contributed by atoms with Gasteiger partial charge in [-0.3, -0.25) is 4.79 Å². The van der Waals surface area contributed by atoms with E-state index in [0.717, 1.165) is 11.4 Å². The van der Waals surface area contributed by atoms with Crippen LogP contribution < -0.4 is 5.32 Å². The van der Waals surface area contributed by atoms with Crippen molar-refractivity contribution in [2.45, 2.75) is 32.8 Å². The summed E-state index contributed by atoms with van der Waals surface area (Å²) in [5.74, 6) is 0.248. The molecule has 0 saturated carbocycles. The summed E-state index contributed by atoms with van der Waals surface area (Å²) in [4.78, 5) is 11.6. The Morgan fingerprint density at radius 1 is 1.33 bits per heavy atom. The number of carbonyl (C=O) groups excluding carboxylic acids is 1. The fourth-order valence-electron chi connectivity index (χ4n) is 1.75. The summed E-state index contributed by atoms with van der Waals surface area (Å²) in [5, 5.41) is 12.5. The summed E-state index contributed by atoms with van der Waals surface area (Å²) in [6.07, 6.45) is 0.815. The molecule has 0 aliphatic carbocycles. The van der Waals surface area contributed by atoms with Gasteiger partial charge in [-0.1, -0.05) is 30.7 Å². The number of aliphatic hydroxyl groups excluding tert-OH is 1. The number of aliphatic hydroxyl groups is 1. The number of hydrogen-bond acceptors (Lipinski definition) is 2. The van der Waals surface area contributed by atoms with Gasteiger partial charge in [0.25, 0.3) is 0 Å². The minimum Gasteiger partial charge on any atom is -0.392 e. The Bertz CT molecular complexity index is 376. The van der Waals surface area contributed by atoms with Crippen molar-refractivity contribution in [2.75, 3.05) is 6.54 Å². The first-order chi connectivity index (χ1) is 8.47. The molecule has 3 nitrogen and oxygen atoms in total. The van der Waals surface area contributed by atoms with Gasteiger partial charge in [-0.25, -0.2) is 0 Å². The van der Waals surface area contributed by atoms with Crippen LogP contribution in [0.2, 0.25) is 5.02 Å². The molecular weight excluding hydrogens is 250 g/mol. The predicted molar refractivity (Wildman–Crippen MR) is 73.6 cm³/mol. The third-order valence-corrected chi connectivity index (χ3v) is 2.88. The van der Waals surface area contributed by atoms with Gasteiger partial charge < -0.3 is 10.4 Å². The van der Waals surface area contributed by atoms with Gasteiger partial charge in [0, 0.05) is 18.0 Å². The standard InChI is InChI=1S/C14H20ClNO2/c1-10(8-14(18)16-9-11(2)17)7-12-3-5-13(15)6-4-12/h3-6,10-11,17H,7-9H2,1-2H3,(H,16,18). The maximum atomic E-state index is 11.6. The molecule has 0 aliphatic heterocycles. The number of nitrogens with one attached hydrogen (secondary N) is 1. The third-order valence-electron chi connectivity index (χ3n) is 2.63. The zero-order valence-corrected chi connectivity index (χ0v) is 11.6. The molecule has 1 aromatic rings. The van der Waals surface area contributed by atoms with Crippen molar-refractivity contribution in [1.29, 1.82) is 0 Å². The SMILES string of the molecule is CC(O)CNC(=O)CC(C)Cc1ccc(Cl)cc1. The second kappa shape index (κ2) is 7.39. The van der Waals surface area contributed by atoms with E-state index >= 15 is 0 Å². The van der Waals surface area contributed by atoms with Crippen molar-refractivity contribution in [2.24, 2.45) is 5.92 Å². The van der Waals surface area contributed by atoms with Crippen molar-refractivity contribution >= 4 is 17.5 Å². The number of rotatable bonds is 6. The Labute approximate surface area is 113 Å². The van der Waals surface area contributed by atoms with E-state index in [9.17, 15) is 4.79 Å². The molecule has 2 N–H and O–H groups in total. The zero-order chi connectivity index (χ0) is 13.5. The maximum Gasteiger partial charge on any atom is 0.220 e. The quantitative estimate of drug-likeness (QED) is 0.833. The lowest BCUT2D eigenvalue weighted by Crippen LogP contribution is -2.31. The molecule has 0 saturated heterocycles. The number of carbonyl (C=O) groups is 1.